The molecule has 0 aliphatic carbocycles. The lowest BCUT2D eigenvalue weighted by atomic mass is 9.97. The van der Waals surface area contributed by atoms with Crippen molar-refractivity contribution in [3.63, 3.8) is 0 Å². The summed E-state index contributed by atoms with van der Waals surface area (Å²) in [7, 11) is 1.73. The number of ether oxygens (including phenoxy) is 1. The number of anilines is 1. The summed E-state index contributed by atoms with van der Waals surface area (Å²) in [6.07, 6.45) is 1.23. The Morgan fingerprint density at radius 1 is 0.958 bits per heavy atom. The number of rotatable bonds is 6. The van der Waals surface area contributed by atoms with Gasteiger partial charge in [0.2, 0.25) is 0 Å². The van der Waals surface area contributed by atoms with Crippen LogP contribution in [0, 0.1) is 0 Å². The van der Waals surface area contributed by atoms with Crippen molar-refractivity contribution in [1.29, 1.82) is 0 Å². The van der Waals surface area contributed by atoms with Crippen molar-refractivity contribution in [3.05, 3.63) is 60.2 Å². The van der Waals surface area contributed by atoms with Crippen molar-refractivity contribution in [2.75, 3.05) is 44.7 Å². The van der Waals surface area contributed by atoms with Crippen LogP contribution in [0.1, 0.15) is 24.8 Å². The van der Waals surface area contributed by atoms with Crippen molar-refractivity contribution in [3.8, 4) is 5.75 Å². The molecule has 0 amide bonds. The molecule has 0 saturated carbocycles. The van der Waals surface area contributed by atoms with Gasteiger partial charge in [-0.25, -0.2) is 0 Å². The average Bonchev–Trinajstić information content (AvgIpc) is 2.67. The number of hydrogen-bond donors (Lipinski definition) is 0. The Morgan fingerprint density at radius 2 is 1.71 bits per heavy atom. The minimum absolute atomic E-state index is 0.627. The Labute approximate surface area is 145 Å². The maximum atomic E-state index is 5.34. The topological polar surface area (TPSA) is 15.7 Å². The number of nitrogens with zero attached hydrogens (tertiary/aromatic N) is 2. The third-order valence-electron chi connectivity index (χ3n) is 5.04. The van der Waals surface area contributed by atoms with E-state index in [1.54, 1.807) is 7.11 Å². The normalized spacial score (nSPS) is 16.8. The van der Waals surface area contributed by atoms with Gasteiger partial charge in [-0.1, -0.05) is 43.3 Å². The van der Waals surface area contributed by atoms with Crippen LogP contribution in [0.25, 0.3) is 0 Å². The minimum atomic E-state index is 0.627. The fraction of sp³-hybridized carbons (Fsp3) is 0.429. The van der Waals surface area contributed by atoms with Crippen LogP contribution in [-0.2, 0) is 0 Å². The molecular weight excluding hydrogens is 296 g/mol. The van der Waals surface area contributed by atoms with Crippen LogP contribution in [0.3, 0.4) is 0 Å². The molecule has 2 aromatic carbocycles. The quantitative estimate of drug-likeness (QED) is 0.798. The van der Waals surface area contributed by atoms with Gasteiger partial charge >= 0.3 is 0 Å². The van der Waals surface area contributed by atoms with Gasteiger partial charge in [0.25, 0.3) is 0 Å². The summed E-state index contributed by atoms with van der Waals surface area (Å²) in [4.78, 5) is 5.05. The molecule has 0 radical (unpaired) electrons. The maximum absolute atomic E-state index is 5.34. The SMILES string of the molecule is COc1cccc(N2CCN(CCC(C)c3ccccc3)CC2)c1. The number of benzene rings is 2. The van der Waals surface area contributed by atoms with Crippen molar-refractivity contribution >= 4 is 5.69 Å². The molecule has 128 valence electrons. The van der Waals surface area contributed by atoms with Crippen LogP contribution in [0.15, 0.2) is 54.6 Å². The summed E-state index contributed by atoms with van der Waals surface area (Å²) in [5.41, 5.74) is 2.72. The van der Waals surface area contributed by atoms with E-state index in [1.807, 2.05) is 6.07 Å². The fourth-order valence-corrected chi connectivity index (χ4v) is 3.36. The van der Waals surface area contributed by atoms with Gasteiger partial charge in [-0.2, -0.15) is 0 Å². The lowest BCUT2D eigenvalue weighted by Gasteiger charge is -2.36. The number of methoxy groups -OCH3 is 1. The van der Waals surface area contributed by atoms with Gasteiger partial charge < -0.3 is 9.64 Å². The molecule has 1 fully saturated rings. The molecule has 1 heterocycles. The predicted octanol–water partition coefficient (Wildman–Crippen LogP) is 4.01. The zero-order valence-corrected chi connectivity index (χ0v) is 14.8. The van der Waals surface area contributed by atoms with Gasteiger partial charge in [0, 0.05) is 37.9 Å². The zero-order chi connectivity index (χ0) is 16.8. The third-order valence-corrected chi connectivity index (χ3v) is 5.04. The van der Waals surface area contributed by atoms with E-state index in [9.17, 15) is 0 Å². The molecule has 0 aromatic heterocycles. The van der Waals surface area contributed by atoms with Crippen LogP contribution < -0.4 is 9.64 Å². The second kappa shape index (κ2) is 8.20. The number of piperazine rings is 1. The van der Waals surface area contributed by atoms with Gasteiger partial charge in [-0.15, -0.1) is 0 Å². The lowest BCUT2D eigenvalue weighted by molar-refractivity contribution is 0.249. The lowest BCUT2D eigenvalue weighted by Crippen LogP contribution is -2.46. The largest absolute Gasteiger partial charge is 0.497 e. The molecule has 1 saturated heterocycles. The van der Waals surface area contributed by atoms with Crippen LogP contribution in [0.2, 0.25) is 0 Å². The van der Waals surface area contributed by atoms with Gasteiger partial charge in [0.1, 0.15) is 5.75 Å². The van der Waals surface area contributed by atoms with E-state index in [2.05, 4.69) is 65.3 Å². The van der Waals surface area contributed by atoms with Gasteiger partial charge in [0.15, 0.2) is 0 Å². The highest BCUT2D eigenvalue weighted by Crippen LogP contribution is 2.23. The smallest absolute Gasteiger partial charge is 0.120 e. The summed E-state index contributed by atoms with van der Waals surface area (Å²) >= 11 is 0. The van der Waals surface area contributed by atoms with Gasteiger partial charge in [-0.05, 0) is 36.6 Å². The summed E-state index contributed by atoms with van der Waals surface area (Å²) in [5.74, 6) is 1.56. The Bertz CT molecular complexity index is 621. The monoisotopic (exact) mass is 324 g/mol. The zero-order valence-electron chi connectivity index (χ0n) is 14.8. The predicted molar refractivity (Wildman–Crippen MR) is 101 cm³/mol. The van der Waals surface area contributed by atoms with E-state index in [0.29, 0.717) is 5.92 Å². The first-order valence-corrected chi connectivity index (χ1v) is 8.92. The first kappa shape index (κ1) is 16.8. The second-order valence-corrected chi connectivity index (χ2v) is 6.63. The van der Waals surface area contributed by atoms with Crippen LogP contribution in [0.4, 0.5) is 5.69 Å². The van der Waals surface area contributed by atoms with Crippen LogP contribution >= 0.6 is 0 Å². The molecule has 0 bridgehead atoms. The van der Waals surface area contributed by atoms with E-state index < -0.39 is 0 Å². The number of hydrogen-bond acceptors (Lipinski definition) is 3. The molecule has 0 N–H and O–H groups in total. The third kappa shape index (κ3) is 4.30. The Morgan fingerprint density at radius 3 is 2.42 bits per heavy atom. The van der Waals surface area contributed by atoms with Crippen LogP contribution in [0.5, 0.6) is 5.75 Å². The first-order chi connectivity index (χ1) is 11.8. The Kier molecular flexibility index (Phi) is 5.76. The molecule has 1 atom stereocenters. The first-order valence-electron chi connectivity index (χ1n) is 8.92. The fourth-order valence-electron chi connectivity index (χ4n) is 3.36. The Balaban J connectivity index is 1.47. The molecule has 3 rings (SSSR count). The molecule has 0 spiro atoms. The van der Waals surface area contributed by atoms with E-state index >= 15 is 0 Å². The maximum Gasteiger partial charge on any atom is 0.120 e. The summed E-state index contributed by atoms with van der Waals surface area (Å²) in [6, 6.07) is 19.2. The molecule has 1 aliphatic heterocycles. The van der Waals surface area contributed by atoms with Crippen molar-refractivity contribution in [1.82, 2.24) is 4.90 Å². The molecule has 1 aliphatic rings. The van der Waals surface area contributed by atoms with E-state index in [4.69, 9.17) is 4.74 Å². The second-order valence-electron chi connectivity index (χ2n) is 6.63. The summed E-state index contributed by atoms with van der Waals surface area (Å²) in [5, 5.41) is 0. The van der Waals surface area contributed by atoms with Crippen LogP contribution in [-0.4, -0.2) is 44.7 Å². The molecule has 3 nitrogen and oxygen atoms in total. The highest BCUT2D eigenvalue weighted by atomic mass is 16.5. The summed E-state index contributed by atoms with van der Waals surface area (Å²) < 4.78 is 5.34. The molecular formula is C21H28N2O. The van der Waals surface area contributed by atoms with E-state index in [1.165, 1.54) is 24.2 Å². The van der Waals surface area contributed by atoms with Gasteiger partial charge in [0.05, 0.1) is 7.11 Å². The van der Waals surface area contributed by atoms with E-state index in [-0.39, 0.29) is 0 Å². The van der Waals surface area contributed by atoms with E-state index in [0.717, 1.165) is 31.9 Å². The highest BCUT2D eigenvalue weighted by molar-refractivity contribution is 5.51. The summed E-state index contributed by atoms with van der Waals surface area (Å²) in [6.45, 7) is 7.97. The molecule has 3 heteroatoms. The standard InChI is InChI=1S/C21H28N2O/c1-18(19-7-4-3-5-8-19)11-12-22-13-15-23(16-14-22)20-9-6-10-21(17-20)24-2/h3-10,17-18H,11-16H2,1-2H3. The molecule has 2 aromatic rings. The van der Waals surface area contributed by atoms with Crippen molar-refractivity contribution in [2.24, 2.45) is 0 Å². The highest BCUT2D eigenvalue weighted by Gasteiger charge is 2.18. The molecule has 1 unspecified atom stereocenters. The van der Waals surface area contributed by atoms with Crippen molar-refractivity contribution < 1.29 is 4.74 Å². The minimum Gasteiger partial charge on any atom is -0.497 e. The molecule has 24 heavy (non-hydrogen) atoms. The van der Waals surface area contributed by atoms with Crippen molar-refractivity contribution in [2.45, 2.75) is 19.3 Å². The average molecular weight is 324 g/mol. The van der Waals surface area contributed by atoms with Gasteiger partial charge in [-0.3, -0.25) is 4.90 Å². The Hall–Kier alpha value is -2.00.